The molecule has 0 aromatic heterocycles. The van der Waals surface area contributed by atoms with E-state index in [-0.39, 0.29) is 6.54 Å². The predicted octanol–water partition coefficient (Wildman–Crippen LogP) is 0.960. The highest BCUT2D eigenvalue weighted by molar-refractivity contribution is 6.32. The molecule has 0 saturated carbocycles. The summed E-state index contributed by atoms with van der Waals surface area (Å²) >= 11 is 0. The summed E-state index contributed by atoms with van der Waals surface area (Å²) in [6, 6.07) is 0. The average molecular weight is 227 g/mol. The van der Waals surface area contributed by atoms with E-state index in [1.165, 1.54) is 0 Å². The molecule has 0 N–H and O–H groups in total. The second-order valence-electron chi connectivity index (χ2n) is 2.83. The van der Waals surface area contributed by atoms with Crippen LogP contribution in [-0.4, -0.2) is 43.2 Å². The Kier molecular flexibility index (Phi) is 5.10. The molecule has 7 heteroatoms. The van der Waals surface area contributed by atoms with Crippen molar-refractivity contribution in [2.24, 2.45) is 0 Å². The van der Waals surface area contributed by atoms with E-state index in [1.54, 1.807) is 6.92 Å². The van der Waals surface area contributed by atoms with Crippen LogP contribution in [0.25, 0.3) is 0 Å². The van der Waals surface area contributed by atoms with E-state index in [4.69, 9.17) is 0 Å². The number of methoxy groups -OCH3 is 1. The lowest BCUT2D eigenvalue weighted by Crippen LogP contribution is -2.43. The van der Waals surface area contributed by atoms with Crippen molar-refractivity contribution < 1.29 is 27.5 Å². The summed E-state index contributed by atoms with van der Waals surface area (Å²) in [6.45, 7) is 0.0378. The van der Waals surface area contributed by atoms with E-state index in [9.17, 15) is 22.8 Å². The second kappa shape index (κ2) is 5.57. The summed E-state index contributed by atoms with van der Waals surface area (Å²) in [5, 5.41) is 0. The lowest BCUT2D eigenvalue weighted by atomic mass is 10.3. The molecular weight excluding hydrogens is 215 g/mol. The third kappa shape index (κ3) is 5.24. The Labute approximate surface area is 85.0 Å². The fourth-order valence-electron chi connectivity index (χ4n) is 0.955. The summed E-state index contributed by atoms with van der Waals surface area (Å²) in [4.78, 5) is 22.2. The van der Waals surface area contributed by atoms with Crippen LogP contribution in [0.3, 0.4) is 0 Å². The van der Waals surface area contributed by atoms with Gasteiger partial charge in [0.2, 0.25) is 0 Å². The number of esters is 1. The summed E-state index contributed by atoms with van der Waals surface area (Å²) in [7, 11) is 0.942. The molecule has 0 radical (unpaired) electrons. The number of nitrogens with zero attached hydrogens (tertiary/aromatic N) is 1. The molecule has 0 aromatic carbocycles. The largest absolute Gasteiger partial charge is 0.462 e. The van der Waals surface area contributed by atoms with Crippen molar-refractivity contribution in [3.8, 4) is 0 Å². The van der Waals surface area contributed by atoms with Crippen molar-refractivity contribution in [1.82, 2.24) is 4.90 Å². The molecule has 0 atom stereocenters. The molecule has 0 unspecified atom stereocenters. The van der Waals surface area contributed by atoms with Gasteiger partial charge in [0.15, 0.2) is 0 Å². The first kappa shape index (κ1) is 13.7. The summed E-state index contributed by atoms with van der Waals surface area (Å²) < 4.78 is 40.1. The molecule has 15 heavy (non-hydrogen) atoms. The van der Waals surface area contributed by atoms with Crippen molar-refractivity contribution in [2.75, 3.05) is 20.2 Å². The van der Waals surface area contributed by atoms with Crippen LogP contribution in [0.1, 0.15) is 13.3 Å². The quantitative estimate of drug-likeness (QED) is 0.533. The molecule has 0 aliphatic heterocycles. The van der Waals surface area contributed by atoms with E-state index in [2.05, 4.69) is 4.74 Å². The summed E-state index contributed by atoms with van der Waals surface area (Å²) in [5.41, 5.74) is 0. The number of halogens is 3. The molecule has 0 spiro atoms. The Hall–Kier alpha value is -1.27. The highest BCUT2D eigenvalue weighted by atomic mass is 19.4. The molecular formula is C8H12F3NO3. The van der Waals surface area contributed by atoms with Gasteiger partial charge >= 0.3 is 18.1 Å². The van der Waals surface area contributed by atoms with Crippen molar-refractivity contribution in [3.05, 3.63) is 0 Å². The highest BCUT2D eigenvalue weighted by Gasteiger charge is 2.34. The number of alkyl halides is 3. The van der Waals surface area contributed by atoms with Gasteiger partial charge in [-0.15, -0.1) is 0 Å². The minimum atomic E-state index is -4.52. The predicted molar refractivity (Wildman–Crippen MR) is 44.9 cm³/mol. The van der Waals surface area contributed by atoms with Gasteiger partial charge in [-0.1, -0.05) is 6.92 Å². The van der Waals surface area contributed by atoms with E-state index in [0.717, 1.165) is 7.11 Å². The SMILES string of the molecule is CCCN(CC(F)(F)F)C(=O)C(=O)OC. The monoisotopic (exact) mass is 227 g/mol. The van der Waals surface area contributed by atoms with E-state index in [0.29, 0.717) is 11.3 Å². The molecule has 0 saturated heterocycles. The van der Waals surface area contributed by atoms with E-state index in [1.807, 2.05) is 0 Å². The molecule has 88 valence electrons. The molecule has 0 aromatic rings. The zero-order valence-corrected chi connectivity index (χ0v) is 8.43. The Morgan fingerprint density at radius 2 is 1.87 bits per heavy atom. The van der Waals surface area contributed by atoms with Crippen LogP contribution in [0.15, 0.2) is 0 Å². The molecule has 0 fully saturated rings. The van der Waals surface area contributed by atoms with Crippen LogP contribution < -0.4 is 0 Å². The minimum Gasteiger partial charge on any atom is -0.462 e. The van der Waals surface area contributed by atoms with Crippen molar-refractivity contribution >= 4 is 11.9 Å². The van der Waals surface area contributed by atoms with Gasteiger partial charge in [0.25, 0.3) is 0 Å². The third-order valence-corrected chi connectivity index (χ3v) is 1.51. The molecule has 0 bridgehead atoms. The van der Waals surface area contributed by atoms with Crippen molar-refractivity contribution in [2.45, 2.75) is 19.5 Å². The fourth-order valence-corrected chi connectivity index (χ4v) is 0.955. The maximum absolute atomic E-state index is 12.0. The number of ether oxygens (including phenoxy) is 1. The Bertz CT molecular complexity index is 240. The molecule has 1 amide bonds. The van der Waals surface area contributed by atoms with Crippen molar-refractivity contribution in [3.63, 3.8) is 0 Å². The van der Waals surface area contributed by atoms with Gasteiger partial charge < -0.3 is 9.64 Å². The van der Waals surface area contributed by atoms with Gasteiger partial charge in [0.1, 0.15) is 6.54 Å². The number of hydrogen-bond donors (Lipinski definition) is 0. The number of carbonyl (C=O) groups is 2. The first-order valence-electron chi connectivity index (χ1n) is 4.25. The smallest absolute Gasteiger partial charge is 0.406 e. The maximum atomic E-state index is 12.0. The zero-order chi connectivity index (χ0) is 12.1. The standard InChI is InChI=1S/C8H12F3NO3/c1-3-4-12(5-8(9,10)11)6(13)7(14)15-2/h3-5H2,1-2H3. The van der Waals surface area contributed by atoms with Gasteiger partial charge in [-0.3, -0.25) is 4.79 Å². The van der Waals surface area contributed by atoms with Crippen molar-refractivity contribution in [1.29, 1.82) is 0 Å². The Morgan fingerprint density at radius 3 is 2.20 bits per heavy atom. The molecule has 0 aliphatic rings. The first-order valence-corrected chi connectivity index (χ1v) is 4.25. The third-order valence-electron chi connectivity index (χ3n) is 1.51. The first-order chi connectivity index (χ1) is 6.81. The Morgan fingerprint density at radius 1 is 1.33 bits per heavy atom. The number of amides is 1. The highest BCUT2D eigenvalue weighted by Crippen LogP contribution is 2.16. The summed E-state index contributed by atoms with van der Waals surface area (Å²) in [5.74, 6) is -2.55. The molecule has 4 nitrogen and oxygen atoms in total. The van der Waals surface area contributed by atoms with Gasteiger partial charge in [-0.2, -0.15) is 13.2 Å². The lowest BCUT2D eigenvalue weighted by molar-refractivity contribution is -0.171. The lowest BCUT2D eigenvalue weighted by Gasteiger charge is -2.21. The van der Waals surface area contributed by atoms with E-state index >= 15 is 0 Å². The zero-order valence-electron chi connectivity index (χ0n) is 8.43. The van der Waals surface area contributed by atoms with Crippen LogP contribution in [0.4, 0.5) is 13.2 Å². The maximum Gasteiger partial charge on any atom is 0.406 e. The molecule has 0 rings (SSSR count). The average Bonchev–Trinajstić information content (AvgIpc) is 2.13. The summed E-state index contributed by atoms with van der Waals surface area (Å²) in [6.07, 6.45) is -4.18. The van der Waals surface area contributed by atoms with Gasteiger partial charge in [-0.25, -0.2) is 4.79 Å². The normalized spacial score (nSPS) is 11.0. The second-order valence-corrected chi connectivity index (χ2v) is 2.83. The number of carbonyl (C=O) groups excluding carboxylic acids is 2. The van der Waals surface area contributed by atoms with Crippen LogP contribution in [0.5, 0.6) is 0 Å². The van der Waals surface area contributed by atoms with Crippen LogP contribution in [0.2, 0.25) is 0 Å². The van der Waals surface area contributed by atoms with Gasteiger partial charge in [-0.05, 0) is 6.42 Å². The number of rotatable bonds is 3. The topological polar surface area (TPSA) is 46.6 Å². The van der Waals surface area contributed by atoms with Crippen LogP contribution in [0, 0.1) is 0 Å². The number of hydrogen-bond acceptors (Lipinski definition) is 3. The van der Waals surface area contributed by atoms with Gasteiger partial charge in [0.05, 0.1) is 7.11 Å². The fraction of sp³-hybridized carbons (Fsp3) is 0.750. The van der Waals surface area contributed by atoms with E-state index < -0.39 is 24.6 Å². The van der Waals surface area contributed by atoms with Crippen LogP contribution in [-0.2, 0) is 14.3 Å². The van der Waals surface area contributed by atoms with Crippen LogP contribution >= 0.6 is 0 Å². The minimum absolute atomic E-state index is 0.132. The van der Waals surface area contributed by atoms with Gasteiger partial charge in [0, 0.05) is 6.54 Å². The molecule has 0 heterocycles. The molecule has 0 aliphatic carbocycles. The Balaban J connectivity index is 4.52.